The summed E-state index contributed by atoms with van der Waals surface area (Å²) in [4.78, 5) is 38.9. The van der Waals surface area contributed by atoms with Crippen LogP contribution in [0.15, 0.2) is 29.6 Å². The topological polar surface area (TPSA) is 132 Å². The molecule has 0 aliphatic heterocycles. The Morgan fingerprint density at radius 2 is 2.06 bits per heavy atom. The summed E-state index contributed by atoms with van der Waals surface area (Å²) < 4.78 is 5.09. The second-order valence-corrected chi connectivity index (χ2v) is 10.3. The third kappa shape index (κ3) is 2.46. The number of carboxylic acid groups (broad SMARTS) is 1. The van der Waals surface area contributed by atoms with E-state index < -0.39 is 11.4 Å². The fourth-order valence-electron chi connectivity index (χ4n) is 7.10. The van der Waals surface area contributed by atoms with Crippen LogP contribution in [-0.2, 0) is 11.8 Å². The smallest absolute Gasteiger partial charge is 0.330 e. The summed E-state index contributed by atoms with van der Waals surface area (Å²) in [5, 5.41) is 17.3. The van der Waals surface area contributed by atoms with Gasteiger partial charge in [-0.05, 0) is 62.0 Å². The van der Waals surface area contributed by atoms with Gasteiger partial charge in [0.15, 0.2) is 11.3 Å². The van der Waals surface area contributed by atoms with Crippen molar-refractivity contribution in [3.63, 3.8) is 0 Å². The fourth-order valence-corrected chi connectivity index (χ4v) is 7.10. The third-order valence-electron chi connectivity index (χ3n) is 8.52. The van der Waals surface area contributed by atoms with Crippen LogP contribution in [0.5, 0.6) is 0 Å². The molecule has 4 aromatic rings. The zero-order valence-corrected chi connectivity index (χ0v) is 18.8. The number of carbonyl (C=O) groups is 1. The molecule has 11 heteroatoms. The maximum Gasteiger partial charge on any atom is 0.330 e. The van der Waals surface area contributed by atoms with Gasteiger partial charge in [0.2, 0.25) is 5.95 Å². The number of pyridine rings is 1. The van der Waals surface area contributed by atoms with Gasteiger partial charge in [0, 0.05) is 13.1 Å². The van der Waals surface area contributed by atoms with Crippen LogP contribution in [0.3, 0.4) is 0 Å². The maximum absolute atomic E-state index is 13.4. The zero-order chi connectivity index (χ0) is 23.4. The second-order valence-electron chi connectivity index (χ2n) is 10.3. The predicted molar refractivity (Wildman–Crippen MR) is 122 cm³/mol. The fraction of sp³-hybridized carbons (Fsp3) is 0.478. The van der Waals surface area contributed by atoms with E-state index in [2.05, 4.69) is 20.4 Å². The summed E-state index contributed by atoms with van der Waals surface area (Å²) in [6, 6.07) is 1.91. The zero-order valence-electron chi connectivity index (χ0n) is 18.8. The van der Waals surface area contributed by atoms with Gasteiger partial charge in [-0.1, -0.05) is 0 Å². The number of hydrogen-bond donors (Lipinski definition) is 2. The van der Waals surface area contributed by atoms with Crippen molar-refractivity contribution < 1.29 is 9.90 Å². The van der Waals surface area contributed by atoms with Gasteiger partial charge < -0.3 is 10.4 Å². The highest BCUT2D eigenvalue weighted by molar-refractivity contribution is 5.76. The first kappa shape index (κ1) is 19.7. The Labute approximate surface area is 193 Å². The Balaban J connectivity index is 1.31. The lowest BCUT2D eigenvalue weighted by molar-refractivity contribution is -0.152. The molecule has 4 saturated carbocycles. The molecular weight excluding hydrogens is 436 g/mol. The van der Waals surface area contributed by atoms with Gasteiger partial charge in [0.05, 0.1) is 23.5 Å². The Hall–Kier alpha value is -3.76. The van der Waals surface area contributed by atoms with Gasteiger partial charge in [0.25, 0.3) is 0 Å². The third-order valence-corrected chi connectivity index (χ3v) is 8.52. The summed E-state index contributed by atoms with van der Waals surface area (Å²) in [6.45, 7) is 1.97. The molecule has 174 valence electrons. The summed E-state index contributed by atoms with van der Waals surface area (Å²) in [6.07, 6.45) is 8.01. The number of carboxylic acids is 1. The maximum atomic E-state index is 13.4. The highest BCUT2D eigenvalue weighted by Gasteiger charge is 2.64. The molecule has 5 unspecified atom stereocenters. The molecule has 4 bridgehead atoms. The molecule has 11 nitrogen and oxygen atoms in total. The normalized spacial score (nSPS) is 29.5. The monoisotopic (exact) mass is 460 g/mol. The molecule has 4 aromatic heterocycles. The van der Waals surface area contributed by atoms with Gasteiger partial charge in [-0.3, -0.25) is 13.9 Å². The average molecular weight is 460 g/mol. The molecule has 0 spiro atoms. The van der Waals surface area contributed by atoms with Gasteiger partial charge in [0.1, 0.15) is 11.8 Å². The van der Waals surface area contributed by atoms with E-state index >= 15 is 0 Å². The number of aromatic nitrogens is 7. The van der Waals surface area contributed by atoms with Crippen molar-refractivity contribution in [2.45, 2.75) is 38.6 Å². The number of fused-ring (bicyclic) bond motifs is 2. The number of aryl methyl sites for hydroxylation is 2. The highest BCUT2D eigenvalue weighted by atomic mass is 16.4. The minimum Gasteiger partial charge on any atom is -0.481 e. The van der Waals surface area contributed by atoms with E-state index in [0.29, 0.717) is 35.9 Å². The molecule has 8 rings (SSSR count). The van der Waals surface area contributed by atoms with Crippen LogP contribution in [0.4, 0.5) is 11.6 Å². The molecule has 4 aliphatic carbocycles. The largest absolute Gasteiger partial charge is 0.481 e. The first-order valence-corrected chi connectivity index (χ1v) is 11.6. The van der Waals surface area contributed by atoms with Gasteiger partial charge in [-0.25, -0.2) is 19.3 Å². The molecule has 0 saturated heterocycles. The minimum atomic E-state index is -0.679. The van der Waals surface area contributed by atoms with Gasteiger partial charge >= 0.3 is 11.7 Å². The number of aliphatic carboxylic acids is 1. The van der Waals surface area contributed by atoms with Crippen LogP contribution in [-0.4, -0.2) is 44.8 Å². The lowest BCUT2D eigenvalue weighted by Crippen LogP contribution is -2.41. The molecule has 0 amide bonds. The Morgan fingerprint density at radius 1 is 1.24 bits per heavy atom. The number of rotatable bonds is 4. The minimum absolute atomic E-state index is 0.0211. The van der Waals surface area contributed by atoms with Crippen molar-refractivity contribution in [3.8, 4) is 0 Å². The summed E-state index contributed by atoms with van der Waals surface area (Å²) in [7, 11) is 1.74. The van der Waals surface area contributed by atoms with Gasteiger partial charge in [-0.15, -0.1) is 0 Å². The Kier molecular flexibility index (Phi) is 3.72. The van der Waals surface area contributed by atoms with E-state index in [-0.39, 0.29) is 23.6 Å². The second kappa shape index (κ2) is 6.43. The highest BCUT2D eigenvalue weighted by Crippen LogP contribution is 2.68. The van der Waals surface area contributed by atoms with E-state index in [1.54, 1.807) is 22.3 Å². The molecule has 2 N–H and O–H groups in total. The van der Waals surface area contributed by atoms with E-state index in [1.165, 1.54) is 6.33 Å². The summed E-state index contributed by atoms with van der Waals surface area (Å²) in [5.41, 5.74) is 3.05. The van der Waals surface area contributed by atoms with E-state index in [9.17, 15) is 14.7 Å². The molecule has 0 radical (unpaired) electrons. The molecule has 4 heterocycles. The average Bonchev–Trinajstić information content (AvgIpc) is 3.49. The van der Waals surface area contributed by atoms with Crippen molar-refractivity contribution in [2.75, 3.05) is 5.32 Å². The van der Waals surface area contributed by atoms with Crippen molar-refractivity contribution in [2.24, 2.45) is 30.2 Å². The SMILES string of the molecule is Cc1cc2ncnn2cc1Nc1ncc2c(n1)n(C1C3CC4CC(C(=O)O)(C3)CC41)c(=O)n2C. The summed E-state index contributed by atoms with van der Waals surface area (Å²) >= 11 is 0. The Bertz CT molecular complexity index is 1560. The quantitative estimate of drug-likeness (QED) is 0.474. The number of hydrogen-bond acceptors (Lipinski definition) is 7. The Morgan fingerprint density at radius 3 is 2.85 bits per heavy atom. The molecular formula is C23H24N8O3. The van der Waals surface area contributed by atoms with Crippen LogP contribution in [0.2, 0.25) is 0 Å². The van der Waals surface area contributed by atoms with Crippen molar-refractivity contribution in [3.05, 3.63) is 40.8 Å². The first-order chi connectivity index (χ1) is 16.3. The number of nitrogens with one attached hydrogen (secondary N) is 1. The number of nitrogens with zero attached hydrogens (tertiary/aromatic N) is 7. The first-order valence-electron chi connectivity index (χ1n) is 11.6. The van der Waals surface area contributed by atoms with Crippen molar-refractivity contribution in [1.82, 2.24) is 33.7 Å². The van der Waals surface area contributed by atoms with Crippen LogP contribution < -0.4 is 11.0 Å². The molecule has 4 aliphatic rings. The summed E-state index contributed by atoms with van der Waals surface area (Å²) in [5.74, 6) is 0.450. The molecule has 34 heavy (non-hydrogen) atoms. The lowest BCUT2D eigenvalue weighted by atomic mass is 9.68. The molecule has 0 aromatic carbocycles. The van der Waals surface area contributed by atoms with Crippen molar-refractivity contribution in [1.29, 1.82) is 0 Å². The standard InChI is InChI=1S/C23H24N8O3/c1-11-3-17-25-10-26-30(17)9-15(11)27-21-24-8-16-19(28-21)31(22(34)29(16)2)18-13-4-12-5-23(6-13,20(32)33)7-14(12)18/h3,8-10,12-14,18H,4-7H2,1-2H3,(H,32,33)(H,24,27,28). The number of anilines is 2. The van der Waals surface area contributed by atoms with Crippen molar-refractivity contribution >= 4 is 34.4 Å². The lowest BCUT2D eigenvalue weighted by Gasteiger charge is -2.38. The van der Waals surface area contributed by atoms with Gasteiger partial charge in [-0.2, -0.15) is 10.1 Å². The molecule has 4 fully saturated rings. The molecule has 5 atom stereocenters. The van der Waals surface area contributed by atoms with E-state index in [0.717, 1.165) is 29.7 Å². The number of imidazole rings is 1. The van der Waals surface area contributed by atoms with Crippen LogP contribution >= 0.6 is 0 Å². The van der Waals surface area contributed by atoms with Crippen LogP contribution in [0.25, 0.3) is 16.8 Å². The van der Waals surface area contributed by atoms with E-state index in [1.807, 2.05) is 23.8 Å². The van der Waals surface area contributed by atoms with E-state index in [4.69, 9.17) is 4.98 Å². The van der Waals surface area contributed by atoms with Crippen LogP contribution in [0, 0.1) is 30.1 Å². The van der Waals surface area contributed by atoms with Crippen LogP contribution in [0.1, 0.15) is 37.3 Å². The predicted octanol–water partition coefficient (Wildman–Crippen LogP) is 2.29.